The Kier molecular flexibility index (Phi) is 10.5. The average molecular weight is 763 g/mol. The van der Waals surface area contributed by atoms with E-state index in [0.717, 1.165) is 30.0 Å². The number of methoxy groups -OCH3 is 1. The summed E-state index contributed by atoms with van der Waals surface area (Å²) in [5, 5.41) is 0.827. The predicted molar refractivity (Wildman–Crippen MR) is 202 cm³/mol. The van der Waals surface area contributed by atoms with Gasteiger partial charge in [0.05, 0.1) is 61.6 Å². The number of rotatable bonds is 16. The highest BCUT2D eigenvalue weighted by Crippen LogP contribution is 2.42. The number of ether oxygens (including phenoxy) is 5. The fourth-order valence-electron chi connectivity index (χ4n) is 7.27. The molecule has 0 radical (unpaired) electrons. The molecule has 8 rings (SSSR count). The SMILES string of the molecule is COc1c(-n2cc3cccnc3c2)c(F)cc2c(=O)c(C(=O)OCCOCCOCCOC(=O)C3CCn4c(C(=O)c5ccccc5)ccc43)cn(C3CC3)c12. The molecule has 6 aromatic rings. The van der Waals surface area contributed by atoms with Crippen molar-refractivity contribution in [1.29, 1.82) is 0 Å². The predicted octanol–water partition coefficient (Wildman–Crippen LogP) is 5.78. The molecule has 0 amide bonds. The molecule has 0 spiro atoms. The normalized spacial score (nSPS) is 14.9. The minimum Gasteiger partial charge on any atom is -0.492 e. The van der Waals surface area contributed by atoms with E-state index in [1.165, 1.54) is 13.3 Å². The van der Waals surface area contributed by atoms with Crippen molar-refractivity contribution in [1.82, 2.24) is 18.7 Å². The second-order valence-corrected chi connectivity index (χ2v) is 13.6. The molecular weight excluding hydrogens is 723 g/mol. The summed E-state index contributed by atoms with van der Waals surface area (Å²) in [5.74, 6) is -2.25. The molecule has 56 heavy (non-hydrogen) atoms. The van der Waals surface area contributed by atoms with Gasteiger partial charge in [0.25, 0.3) is 0 Å². The lowest BCUT2D eigenvalue weighted by Gasteiger charge is -2.19. The zero-order chi connectivity index (χ0) is 38.8. The quantitative estimate of drug-likeness (QED) is 0.0677. The number of aromatic nitrogens is 4. The number of esters is 2. The van der Waals surface area contributed by atoms with Crippen molar-refractivity contribution in [3.8, 4) is 11.4 Å². The summed E-state index contributed by atoms with van der Waals surface area (Å²) >= 11 is 0. The van der Waals surface area contributed by atoms with Crippen molar-refractivity contribution >= 4 is 39.5 Å². The number of ketones is 1. The summed E-state index contributed by atoms with van der Waals surface area (Å²) in [6.07, 6.45) is 8.78. The number of carbonyl (C=O) groups is 3. The lowest BCUT2D eigenvalue weighted by Crippen LogP contribution is -2.23. The first-order valence-electron chi connectivity index (χ1n) is 18.5. The molecule has 2 aliphatic rings. The maximum Gasteiger partial charge on any atom is 0.343 e. The maximum absolute atomic E-state index is 15.8. The second kappa shape index (κ2) is 15.9. The van der Waals surface area contributed by atoms with E-state index in [1.54, 1.807) is 52.0 Å². The van der Waals surface area contributed by atoms with Gasteiger partial charge in [-0.15, -0.1) is 0 Å². The van der Waals surface area contributed by atoms with Gasteiger partial charge in [-0.2, -0.15) is 0 Å². The van der Waals surface area contributed by atoms with Crippen LogP contribution in [-0.4, -0.2) is 83.2 Å². The van der Waals surface area contributed by atoms with Crippen LogP contribution in [0.3, 0.4) is 0 Å². The highest BCUT2D eigenvalue weighted by molar-refractivity contribution is 6.08. The van der Waals surface area contributed by atoms with Crippen LogP contribution < -0.4 is 10.2 Å². The molecule has 0 bridgehead atoms. The minimum absolute atomic E-state index is 0.00880. The van der Waals surface area contributed by atoms with Crippen LogP contribution in [0.5, 0.6) is 5.75 Å². The van der Waals surface area contributed by atoms with Gasteiger partial charge in [-0.3, -0.25) is 19.4 Å². The molecule has 0 saturated heterocycles. The van der Waals surface area contributed by atoms with Crippen LogP contribution in [0.4, 0.5) is 4.39 Å². The molecule has 288 valence electrons. The lowest BCUT2D eigenvalue weighted by atomic mass is 10.1. The van der Waals surface area contributed by atoms with Gasteiger partial charge >= 0.3 is 11.9 Å². The van der Waals surface area contributed by atoms with E-state index in [4.69, 9.17) is 23.7 Å². The molecule has 1 atom stereocenters. The molecule has 5 heterocycles. The zero-order valence-electron chi connectivity index (χ0n) is 30.6. The summed E-state index contributed by atoms with van der Waals surface area (Å²) < 4.78 is 48.7. The molecule has 1 aliphatic heterocycles. The first-order chi connectivity index (χ1) is 27.3. The van der Waals surface area contributed by atoms with E-state index in [2.05, 4.69) is 4.98 Å². The third-order valence-corrected chi connectivity index (χ3v) is 10.1. The molecule has 1 unspecified atom stereocenters. The number of fused-ring (bicyclic) bond motifs is 3. The van der Waals surface area contributed by atoms with Crippen molar-refractivity contribution in [3.63, 3.8) is 0 Å². The number of halogens is 1. The van der Waals surface area contributed by atoms with Crippen LogP contribution in [0.15, 0.2) is 90.2 Å². The summed E-state index contributed by atoms with van der Waals surface area (Å²) in [5.41, 5.74) is 2.25. The third kappa shape index (κ3) is 7.20. The highest BCUT2D eigenvalue weighted by Gasteiger charge is 2.34. The van der Waals surface area contributed by atoms with E-state index in [1.807, 2.05) is 34.9 Å². The number of pyridine rings is 2. The summed E-state index contributed by atoms with van der Waals surface area (Å²) in [7, 11) is 1.42. The first-order valence-corrected chi connectivity index (χ1v) is 18.5. The van der Waals surface area contributed by atoms with Gasteiger partial charge in [0.15, 0.2) is 11.6 Å². The summed E-state index contributed by atoms with van der Waals surface area (Å²) in [6.45, 7) is 1.12. The van der Waals surface area contributed by atoms with Gasteiger partial charge in [-0.25, -0.2) is 9.18 Å². The monoisotopic (exact) mass is 762 g/mol. The van der Waals surface area contributed by atoms with Crippen molar-refractivity contribution in [3.05, 3.63) is 124 Å². The Labute approximate surface area is 320 Å². The van der Waals surface area contributed by atoms with Gasteiger partial charge in [-0.1, -0.05) is 30.3 Å². The molecular formula is C42H39FN4O9. The van der Waals surface area contributed by atoms with Crippen LogP contribution in [0, 0.1) is 5.82 Å². The minimum atomic E-state index is -0.840. The molecule has 1 saturated carbocycles. The molecule has 2 aromatic carbocycles. The largest absolute Gasteiger partial charge is 0.492 e. The van der Waals surface area contributed by atoms with Crippen molar-refractivity contribution in [2.75, 3.05) is 46.8 Å². The van der Waals surface area contributed by atoms with Crippen molar-refractivity contribution < 1.29 is 42.5 Å². The number of carbonyl (C=O) groups excluding carboxylic acids is 3. The lowest BCUT2D eigenvalue weighted by molar-refractivity contribution is -0.147. The molecule has 13 nitrogen and oxygen atoms in total. The molecule has 14 heteroatoms. The number of hydrogen-bond donors (Lipinski definition) is 0. The van der Waals surface area contributed by atoms with Crippen LogP contribution in [-0.2, 0) is 30.3 Å². The highest BCUT2D eigenvalue weighted by atomic mass is 19.1. The zero-order valence-corrected chi connectivity index (χ0v) is 30.6. The number of benzene rings is 2. The Morgan fingerprint density at radius 2 is 1.61 bits per heavy atom. The topological polar surface area (TPSA) is 142 Å². The molecule has 0 N–H and O–H groups in total. The summed E-state index contributed by atoms with van der Waals surface area (Å²) in [6, 6.07) is 17.4. The van der Waals surface area contributed by atoms with E-state index >= 15 is 4.39 Å². The Hall–Kier alpha value is -6.12. The Bertz CT molecular complexity index is 2470. The van der Waals surface area contributed by atoms with Gasteiger partial charge in [-0.05, 0) is 49.6 Å². The van der Waals surface area contributed by atoms with E-state index in [9.17, 15) is 19.2 Å². The average Bonchev–Trinajstić information content (AvgIpc) is 3.62. The standard InChI is InChI=1S/C42H39FN4O9/c1-52-40-36-30(22-32(43)37(40)45-23-27-8-5-14-44-33(27)25-45)39(49)31(24-47(36)28-9-10-28)42(51)56-21-19-54-17-16-53-18-20-55-41(50)29-13-15-46-34(29)11-12-35(46)38(48)26-6-3-2-4-7-26/h2-8,11-12,14,22-25,28-29H,9-10,13,15-21H2,1H3. The number of hydrogen-bond acceptors (Lipinski definition) is 10. The van der Waals surface area contributed by atoms with Gasteiger partial charge in [0.2, 0.25) is 11.2 Å². The summed E-state index contributed by atoms with van der Waals surface area (Å²) in [4.78, 5) is 56.9. The van der Waals surface area contributed by atoms with Gasteiger partial charge in [0, 0.05) is 54.0 Å². The van der Waals surface area contributed by atoms with Crippen molar-refractivity contribution in [2.45, 2.75) is 37.8 Å². The van der Waals surface area contributed by atoms with Crippen molar-refractivity contribution in [2.24, 2.45) is 0 Å². The fraction of sp³-hybridized carbons (Fsp3) is 0.310. The fourth-order valence-corrected chi connectivity index (χ4v) is 7.27. The smallest absolute Gasteiger partial charge is 0.343 e. The van der Waals surface area contributed by atoms with E-state index in [-0.39, 0.29) is 79.8 Å². The van der Waals surface area contributed by atoms with E-state index < -0.39 is 23.1 Å². The van der Waals surface area contributed by atoms with Crippen LogP contribution in [0.25, 0.3) is 27.5 Å². The van der Waals surface area contributed by atoms with E-state index in [0.29, 0.717) is 35.3 Å². The van der Waals surface area contributed by atoms with Crippen LogP contribution >= 0.6 is 0 Å². The number of nitrogens with zero attached hydrogens (tertiary/aromatic N) is 4. The van der Waals surface area contributed by atoms with Gasteiger partial charge in [0.1, 0.15) is 24.5 Å². The van der Waals surface area contributed by atoms with Crippen LogP contribution in [0.2, 0.25) is 0 Å². The Morgan fingerprint density at radius 1 is 0.857 bits per heavy atom. The molecule has 1 fully saturated rings. The third-order valence-electron chi connectivity index (χ3n) is 10.1. The molecule has 4 aromatic heterocycles. The first kappa shape index (κ1) is 36.8. The molecule has 1 aliphatic carbocycles. The van der Waals surface area contributed by atoms with Crippen LogP contribution in [0.1, 0.15) is 63.3 Å². The Morgan fingerprint density at radius 3 is 2.34 bits per heavy atom. The van der Waals surface area contributed by atoms with Gasteiger partial charge < -0.3 is 37.4 Å². The second-order valence-electron chi connectivity index (χ2n) is 13.6. The maximum atomic E-state index is 15.8. The Balaban J connectivity index is 0.803.